The van der Waals surface area contributed by atoms with Crippen molar-refractivity contribution in [3.63, 3.8) is 0 Å². The van der Waals surface area contributed by atoms with E-state index in [0.29, 0.717) is 10.7 Å². The minimum absolute atomic E-state index is 0.214. The highest BCUT2D eigenvalue weighted by Gasteiger charge is 2.30. The van der Waals surface area contributed by atoms with Crippen molar-refractivity contribution in [2.75, 3.05) is 5.32 Å². The largest absolute Gasteiger partial charge is 0.416 e. The smallest absolute Gasteiger partial charge is 0.378 e. The van der Waals surface area contributed by atoms with Crippen LogP contribution in [0.1, 0.15) is 24.1 Å². The number of anilines is 1. The molecule has 1 nitrogen and oxygen atoms in total. The van der Waals surface area contributed by atoms with Crippen LogP contribution in [-0.4, -0.2) is 0 Å². The first kappa shape index (κ1) is 16.2. The lowest BCUT2D eigenvalue weighted by Gasteiger charge is -2.18. The van der Waals surface area contributed by atoms with E-state index in [1.165, 1.54) is 6.07 Å². The Bertz CT molecular complexity index is 643. The first-order chi connectivity index (χ1) is 9.77. The number of benzene rings is 2. The summed E-state index contributed by atoms with van der Waals surface area (Å²) in [4.78, 5) is 0. The summed E-state index contributed by atoms with van der Waals surface area (Å²) in [6.45, 7) is 1.84. The van der Waals surface area contributed by atoms with Crippen LogP contribution in [0.3, 0.4) is 0 Å². The predicted octanol–water partition coefficient (Wildman–Crippen LogP) is 6.29. The number of alkyl halides is 3. The third-order valence-corrected chi connectivity index (χ3v) is 3.82. The van der Waals surface area contributed by atoms with Gasteiger partial charge >= 0.3 is 6.18 Å². The summed E-state index contributed by atoms with van der Waals surface area (Å²) >= 11 is 9.46. The second-order valence-electron chi connectivity index (χ2n) is 4.61. The van der Waals surface area contributed by atoms with Crippen LogP contribution in [0.4, 0.5) is 18.9 Å². The fraction of sp³-hybridized carbons (Fsp3) is 0.200. The van der Waals surface area contributed by atoms with Gasteiger partial charge in [-0.05, 0) is 42.8 Å². The van der Waals surface area contributed by atoms with Crippen molar-refractivity contribution < 1.29 is 13.2 Å². The molecule has 0 saturated carbocycles. The third kappa shape index (κ3) is 4.14. The molecule has 1 unspecified atom stereocenters. The van der Waals surface area contributed by atoms with Gasteiger partial charge in [-0.3, -0.25) is 0 Å². The van der Waals surface area contributed by atoms with Crippen LogP contribution in [0.25, 0.3) is 0 Å². The average Bonchev–Trinajstić information content (AvgIpc) is 2.37. The number of hydrogen-bond acceptors (Lipinski definition) is 1. The van der Waals surface area contributed by atoms with Gasteiger partial charge in [0, 0.05) is 21.2 Å². The lowest BCUT2D eigenvalue weighted by molar-refractivity contribution is -0.137. The Morgan fingerprint density at radius 1 is 1.14 bits per heavy atom. The Hall–Kier alpha value is -1.20. The molecular weight excluding hydrogens is 367 g/mol. The normalized spacial score (nSPS) is 13.0. The van der Waals surface area contributed by atoms with E-state index in [0.717, 1.165) is 22.2 Å². The van der Waals surface area contributed by atoms with Crippen molar-refractivity contribution >= 4 is 33.2 Å². The van der Waals surface area contributed by atoms with Gasteiger partial charge in [0.15, 0.2) is 0 Å². The van der Waals surface area contributed by atoms with Crippen molar-refractivity contribution in [2.45, 2.75) is 19.1 Å². The molecule has 0 aromatic heterocycles. The second-order valence-corrected chi connectivity index (χ2v) is 5.93. The maximum absolute atomic E-state index is 12.7. The third-order valence-electron chi connectivity index (χ3n) is 3.00. The molecular formula is C15H12BrClF3N. The molecule has 1 atom stereocenters. The number of halogens is 5. The molecule has 0 saturated heterocycles. The molecule has 6 heteroatoms. The molecule has 2 rings (SSSR count). The molecule has 0 aliphatic heterocycles. The number of rotatable bonds is 3. The van der Waals surface area contributed by atoms with Gasteiger partial charge in [-0.2, -0.15) is 13.2 Å². The predicted molar refractivity (Wildman–Crippen MR) is 82.6 cm³/mol. The maximum atomic E-state index is 12.7. The first-order valence-electron chi connectivity index (χ1n) is 6.16. The highest BCUT2D eigenvalue weighted by Crippen LogP contribution is 2.32. The molecule has 21 heavy (non-hydrogen) atoms. The molecule has 0 aliphatic carbocycles. The van der Waals surface area contributed by atoms with E-state index in [-0.39, 0.29) is 6.04 Å². The first-order valence-corrected chi connectivity index (χ1v) is 7.33. The van der Waals surface area contributed by atoms with Gasteiger partial charge in [-0.15, -0.1) is 0 Å². The van der Waals surface area contributed by atoms with E-state index in [9.17, 15) is 13.2 Å². The lowest BCUT2D eigenvalue weighted by Crippen LogP contribution is -2.09. The maximum Gasteiger partial charge on any atom is 0.416 e. The van der Waals surface area contributed by atoms with Gasteiger partial charge in [0.05, 0.1) is 5.56 Å². The van der Waals surface area contributed by atoms with Crippen LogP contribution in [-0.2, 0) is 6.18 Å². The molecule has 0 fully saturated rings. The summed E-state index contributed by atoms with van der Waals surface area (Å²) in [7, 11) is 0. The zero-order valence-corrected chi connectivity index (χ0v) is 13.4. The Morgan fingerprint density at radius 3 is 2.48 bits per heavy atom. The van der Waals surface area contributed by atoms with E-state index in [1.54, 1.807) is 12.1 Å². The van der Waals surface area contributed by atoms with E-state index < -0.39 is 11.7 Å². The van der Waals surface area contributed by atoms with Crippen LogP contribution in [0.15, 0.2) is 46.9 Å². The summed E-state index contributed by atoms with van der Waals surface area (Å²) in [5.74, 6) is 0. The lowest BCUT2D eigenvalue weighted by atomic mass is 10.1. The fourth-order valence-corrected chi connectivity index (χ4v) is 2.80. The summed E-state index contributed by atoms with van der Waals surface area (Å²) in [5.41, 5.74) is 0.537. The summed E-state index contributed by atoms with van der Waals surface area (Å²) < 4.78 is 38.9. The minimum Gasteiger partial charge on any atom is -0.378 e. The quantitative estimate of drug-likeness (QED) is 0.661. The van der Waals surface area contributed by atoms with Gasteiger partial charge in [-0.25, -0.2) is 0 Å². The van der Waals surface area contributed by atoms with Gasteiger partial charge in [0.2, 0.25) is 0 Å². The van der Waals surface area contributed by atoms with Crippen molar-refractivity contribution in [3.8, 4) is 0 Å². The monoisotopic (exact) mass is 377 g/mol. The Morgan fingerprint density at radius 2 is 1.86 bits per heavy atom. The fourth-order valence-electron chi connectivity index (χ4n) is 1.97. The average molecular weight is 379 g/mol. The van der Waals surface area contributed by atoms with Gasteiger partial charge in [0.25, 0.3) is 0 Å². The zero-order valence-electron chi connectivity index (χ0n) is 11.0. The van der Waals surface area contributed by atoms with E-state index in [1.807, 2.05) is 19.1 Å². The van der Waals surface area contributed by atoms with Crippen LogP contribution in [0.2, 0.25) is 5.02 Å². The van der Waals surface area contributed by atoms with E-state index in [4.69, 9.17) is 11.6 Å². The van der Waals surface area contributed by atoms with Gasteiger partial charge < -0.3 is 5.32 Å². The van der Waals surface area contributed by atoms with Crippen molar-refractivity contribution in [1.82, 2.24) is 0 Å². The summed E-state index contributed by atoms with van der Waals surface area (Å²) in [6, 6.07) is 10.3. The van der Waals surface area contributed by atoms with Crippen LogP contribution in [0, 0.1) is 0 Å². The molecule has 0 spiro atoms. The molecule has 0 aliphatic rings. The molecule has 1 N–H and O–H groups in total. The highest BCUT2D eigenvalue weighted by molar-refractivity contribution is 9.10. The number of nitrogens with one attached hydrogen (secondary N) is 1. The second kappa shape index (κ2) is 6.28. The molecule has 2 aromatic rings. The standard InChI is InChI=1S/C15H12BrClF3N/c1-9(13-6-5-11(16)8-14(13)17)21-12-4-2-3-10(7-12)15(18,19)20/h2-9,21H,1H3. The van der Waals surface area contributed by atoms with Crippen LogP contribution in [0.5, 0.6) is 0 Å². The summed E-state index contributed by atoms with van der Waals surface area (Å²) in [5, 5.41) is 3.58. The van der Waals surface area contributed by atoms with E-state index in [2.05, 4.69) is 21.2 Å². The number of hydrogen-bond donors (Lipinski definition) is 1. The molecule has 0 radical (unpaired) electrons. The Balaban J connectivity index is 2.21. The topological polar surface area (TPSA) is 12.0 Å². The van der Waals surface area contributed by atoms with Gasteiger partial charge in [0.1, 0.15) is 0 Å². The molecule has 0 amide bonds. The van der Waals surface area contributed by atoms with Crippen LogP contribution >= 0.6 is 27.5 Å². The van der Waals surface area contributed by atoms with Crippen molar-refractivity contribution in [3.05, 3.63) is 63.1 Å². The van der Waals surface area contributed by atoms with Crippen molar-refractivity contribution in [1.29, 1.82) is 0 Å². The Labute approximate surface area is 134 Å². The Kier molecular flexibility index (Phi) is 4.84. The molecule has 112 valence electrons. The van der Waals surface area contributed by atoms with Crippen molar-refractivity contribution in [2.24, 2.45) is 0 Å². The summed E-state index contributed by atoms with van der Waals surface area (Å²) in [6.07, 6.45) is -4.35. The SMILES string of the molecule is CC(Nc1cccc(C(F)(F)F)c1)c1ccc(Br)cc1Cl. The van der Waals surface area contributed by atoms with Gasteiger partial charge in [-0.1, -0.05) is 39.7 Å². The van der Waals surface area contributed by atoms with Crippen LogP contribution < -0.4 is 5.32 Å². The molecule has 2 aromatic carbocycles. The molecule has 0 bridgehead atoms. The highest BCUT2D eigenvalue weighted by atomic mass is 79.9. The minimum atomic E-state index is -4.35. The zero-order chi connectivity index (χ0) is 15.6. The molecule has 0 heterocycles. The van der Waals surface area contributed by atoms with E-state index >= 15 is 0 Å².